The van der Waals surface area contributed by atoms with E-state index < -0.39 is 18.2 Å². The third-order valence-electron chi connectivity index (χ3n) is 3.05. The van der Waals surface area contributed by atoms with Gasteiger partial charge in [0.25, 0.3) is 0 Å². The highest BCUT2D eigenvalue weighted by molar-refractivity contribution is 5.66. The molecule has 5 nitrogen and oxygen atoms in total. The standard InChI is InChI=1S/C19H24O5/c20-16(11-8-14-19(22)23)9-4-1-2-5-10-17(21)15-24-18-12-6-3-7-13-18/h1-7,9-10,12-13,16-17,20-21H,8,11,14-15H2,(H,22,23)/b2-1?,9-4?,10-5+. The van der Waals surface area contributed by atoms with Crippen molar-refractivity contribution in [2.45, 2.75) is 31.5 Å². The van der Waals surface area contributed by atoms with Crippen LogP contribution in [0.2, 0.25) is 0 Å². The molecular formula is C19H24O5. The highest BCUT2D eigenvalue weighted by atomic mass is 16.5. The van der Waals surface area contributed by atoms with Gasteiger partial charge in [0.15, 0.2) is 0 Å². The zero-order valence-electron chi connectivity index (χ0n) is 13.5. The third kappa shape index (κ3) is 10.4. The van der Waals surface area contributed by atoms with Crippen molar-refractivity contribution < 1.29 is 24.9 Å². The lowest BCUT2D eigenvalue weighted by molar-refractivity contribution is -0.137. The number of benzene rings is 1. The van der Waals surface area contributed by atoms with E-state index in [1.165, 1.54) is 0 Å². The maximum atomic E-state index is 10.3. The van der Waals surface area contributed by atoms with Gasteiger partial charge in [-0.05, 0) is 25.0 Å². The highest BCUT2D eigenvalue weighted by Gasteiger charge is 2.01. The van der Waals surface area contributed by atoms with Gasteiger partial charge >= 0.3 is 5.97 Å². The first-order chi connectivity index (χ1) is 11.6. The van der Waals surface area contributed by atoms with Gasteiger partial charge < -0.3 is 20.1 Å². The van der Waals surface area contributed by atoms with E-state index in [4.69, 9.17) is 9.84 Å². The van der Waals surface area contributed by atoms with Crippen LogP contribution < -0.4 is 4.74 Å². The van der Waals surface area contributed by atoms with Crippen LogP contribution in [0.25, 0.3) is 0 Å². The molecule has 0 fully saturated rings. The Hall–Kier alpha value is -2.37. The molecular weight excluding hydrogens is 308 g/mol. The predicted octanol–water partition coefficient (Wildman–Crippen LogP) is 2.71. The summed E-state index contributed by atoms with van der Waals surface area (Å²) in [6.45, 7) is 0.173. The van der Waals surface area contributed by atoms with Crippen molar-refractivity contribution in [2.24, 2.45) is 0 Å². The van der Waals surface area contributed by atoms with E-state index >= 15 is 0 Å². The molecule has 0 heterocycles. The van der Waals surface area contributed by atoms with Crippen LogP contribution in [-0.4, -0.2) is 40.1 Å². The van der Waals surface area contributed by atoms with Crippen LogP contribution in [0.1, 0.15) is 19.3 Å². The molecule has 0 aromatic heterocycles. The summed E-state index contributed by atoms with van der Waals surface area (Å²) in [5, 5.41) is 27.8. The number of ether oxygens (including phenoxy) is 1. The molecule has 0 aliphatic rings. The second-order valence-electron chi connectivity index (χ2n) is 5.20. The second-order valence-corrected chi connectivity index (χ2v) is 5.20. The number of hydrogen-bond acceptors (Lipinski definition) is 4. The number of aliphatic carboxylic acids is 1. The Morgan fingerprint density at radius 3 is 2.25 bits per heavy atom. The first-order valence-electron chi connectivity index (χ1n) is 7.85. The quantitative estimate of drug-likeness (QED) is 0.542. The molecule has 3 N–H and O–H groups in total. The molecule has 0 radical (unpaired) electrons. The Labute approximate surface area is 142 Å². The van der Waals surface area contributed by atoms with Gasteiger partial charge in [-0.25, -0.2) is 0 Å². The number of carboxylic acid groups (broad SMARTS) is 1. The molecule has 130 valence electrons. The summed E-state index contributed by atoms with van der Waals surface area (Å²) in [6, 6.07) is 9.27. The van der Waals surface area contributed by atoms with Crippen molar-refractivity contribution in [2.75, 3.05) is 6.61 Å². The van der Waals surface area contributed by atoms with E-state index in [9.17, 15) is 15.0 Å². The summed E-state index contributed by atoms with van der Waals surface area (Å²) < 4.78 is 5.42. The number of allylic oxidation sites excluding steroid dienone is 4. The van der Waals surface area contributed by atoms with Gasteiger partial charge in [0.2, 0.25) is 0 Å². The van der Waals surface area contributed by atoms with Crippen LogP contribution >= 0.6 is 0 Å². The lowest BCUT2D eigenvalue weighted by Gasteiger charge is -2.08. The van der Waals surface area contributed by atoms with Gasteiger partial charge in [-0.3, -0.25) is 4.79 Å². The Kier molecular flexibility index (Phi) is 9.92. The maximum absolute atomic E-state index is 10.3. The lowest BCUT2D eigenvalue weighted by atomic mass is 10.1. The number of aliphatic hydroxyl groups is 2. The minimum absolute atomic E-state index is 0.0619. The number of carbonyl (C=O) groups is 1. The average molecular weight is 332 g/mol. The minimum Gasteiger partial charge on any atom is -0.491 e. The molecule has 5 heteroatoms. The summed E-state index contributed by atoms with van der Waals surface area (Å²) in [5.74, 6) is -0.147. The van der Waals surface area contributed by atoms with Crippen molar-refractivity contribution in [3.05, 3.63) is 66.8 Å². The van der Waals surface area contributed by atoms with E-state index in [0.29, 0.717) is 18.6 Å². The summed E-state index contributed by atoms with van der Waals surface area (Å²) in [6.07, 6.45) is 9.60. The van der Waals surface area contributed by atoms with E-state index in [0.717, 1.165) is 0 Å². The van der Waals surface area contributed by atoms with Gasteiger partial charge in [-0.2, -0.15) is 0 Å². The average Bonchev–Trinajstić information content (AvgIpc) is 2.56. The van der Waals surface area contributed by atoms with Crippen LogP contribution in [0.4, 0.5) is 0 Å². The maximum Gasteiger partial charge on any atom is 0.303 e. The molecule has 0 bridgehead atoms. The zero-order valence-corrected chi connectivity index (χ0v) is 13.5. The van der Waals surface area contributed by atoms with Crippen molar-refractivity contribution in [3.8, 4) is 5.75 Å². The number of para-hydroxylation sites is 1. The fraction of sp³-hybridized carbons (Fsp3) is 0.316. The van der Waals surface area contributed by atoms with Crippen molar-refractivity contribution in [3.63, 3.8) is 0 Å². The summed E-state index contributed by atoms with van der Waals surface area (Å²) in [5.41, 5.74) is 0. The molecule has 0 aliphatic heterocycles. The predicted molar refractivity (Wildman–Crippen MR) is 92.9 cm³/mol. The van der Waals surface area contributed by atoms with Crippen LogP contribution in [0.3, 0.4) is 0 Å². The van der Waals surface area contributed by atoms with Gasteiger partial charge in [0.05, 0.1) is 6.10 Å². The molecule has 0 aliphatic carbocycles. The number of aliphatic hydroxyl groups excluding tert-OH is 2. The molecule has 2 unspecified atom stereocenters. The van der Waals surface area contributed by atoms with Gasteiger partial charge in [-0.1, -0.05) is 54.7 Å². The first-order valence-corrected chi connectivity index (χ1v) is 7.85. The topological polar surface area (TPSA) is 87.0 Å². The monoisotopic (exact) mass is 332 g/mol. The van der Waals surface area contributed by atoms with E-state index in [1.54, 1.807) is 36.5 Å². The van der Waals surface area contributed by atoms with Crippen molar-refractivity contribution >= 4 is 5.97 Å². The van der Waals surface area contributed by atoms with Gasteiger partial charge in [0.1, 0.15) is 18.5 Å². The Balaban J connectivity index is 2.19. The zero-order chi connectivity index (χ0) is 17.6. The summed E-state index contributed by atoms with van der Waals surface area (Å²) >= 11 is 0. The van der Waals surface area contributed by atoms with E-state index in [1.807, 2.05) is 30.3 Å². The van der Waals surface area contributed by atoms with Crippen LogP contribution in [0, 0.1) is 0 Å². The highest BCUT2D eigenvalue weighted by Crippen LogP contribution is 2.08. The smallest absolute Gasteiger partial charge is 0.303 e. The summed E-state index contributed by atoms with van der Waals surface area (Å²) in [4.78, 5) is 10.3. The SMILES string of the molecule is O=C(O)CCCC(O)C=CC=C/C=C/C(O)COc1ccccc1. The Morgan fingerprint density at radius 1 is 1.00 bits per heavy atom. The van der Waals surface area contributed by atoms with Crippen molar-refractivity contribution in [1.29, 1.82) is 0 Å². The number of hydrogen-bond donors (Lipinski definition) is 3. The Bertz CT molecular complexity index is 548. The number of carboxylic acids is 1. The first kappa shape index (κ1) is 19.7. The minimum atomic E-state index is -0.856. The van der Waals surface area contributed by atoms with E-state index in [2.05, 4.69) is 0 Å². The van der Waals surface area contributed by atoms with E-state index in [-0.39, 0.29) is 13.0 Å². The molecule has 0 amide bonds. The molecule has 2 atom stereocenters. The third-order valence-corrected chi connectivity index (χ3v) is 3.05. The molecule has 1 aromatic rings. The second kappa shape index (κ2) is 12.1. The van der Waals surface area contributed by atoms with Crippen molar-refractivity contribution in [1.82, 2.24) is 0 Å². The fourth-order valence-corrected chi connectivity index (χ4v) is 1.83. The van der Waals surface area contributed by atoms with Crippen LogP contribution in [0.5, 0.6) is 5.75 Å². The largest absolute Gasteiger partial charge is 0.491 e. The van der Waals surface area contributed by atoms with Gasteiger partial charge in [-0.15, -0.1) is 0 Å². The Morgan fingerprint density at radius 2 is 1.62 bits per heavy atom. The normalized spacial score (nSPS) is 14.4. The van der Waals surface area contributed by atoms with Gasteiger partial charge in [0, 0.05) is 6.42 Å². The van der Waals surface area contributed by atoms with Crippen LogP contribution in [0.15, 0.2) is 66.8 Å². The summed E-state index contributed by atoms with van der Waals surface area (Å²) in [7, 11) is 0. The number of rotatable bonds is 11. The molecule has 1 aromatic carbocycles. The molecule has 0 saturated heterocycles. The van der Waals surface area contributed by atoms with Crippen LogP contribution in [-0.2, 0) is 4.79 Å². The molecule has 24 heavy (non-hydrogen) atoms. The fourth-order valence-electron chi connectivity index (χ4n) is 1.83. The molecule has 1 rings (SSSR count). The molecule has 0 saturated carbocycles. The lowest BCUT2D eigenvalue weighted by Crippen LogP contribution is -2.14. The molecule has 0 spiro atoms.